The summed E-state index contributed by atoms with van der Waals surface area (Å²) in [6, 6.07) is 4.24. The van der Waals surface area contributed by atoms with E-state index in [0.29, 0.717) is 13.4 Å². The molecule has 0 spiro atoms. The van der Waals surface area contributed by atoms with E-state index in [1.54, 1.807) is 7.11 Å². The van der Waals surface area contributed by atoms with Crippen LogP contribution < -0.4 is 15.2 Å². The maximum atomic E-state index is 6.14. The topological polar surface area (TPSA) is 53.7 Å². The largest absolute Gasteiger partial charge is 0.496 e. The number of benzene rings is 1. The monoisotopic (exact) mass is 249 g/mol. The first-order valence-corrected chi connectivity index (χ1v) is 6.35. The minimum atomic E-state index is 0.0715. The Hall–Kier alpha value is -1.26. The molecule has 1 aromatic rings. The predicted octanol–water partition coefficient (Wildman–Crippen LogP) is 1.94. The van der Waals surface area contributed by atoms with Gasteiger partial charge in [0.25, 0.3) is 0 Å². The maximum Gasteiger partial charge on any atom is 0.189 e. The Kier molecular flexibility index (Phi) is 2.72. The van der Waals surface area contributed by atoms with Crippen molar-refractivity contribution in [2.75, 3.05) is 13.9 Å². The molecule has 98 valence electrons. The van der Waals surface area contributed by atoms with E-state index in [0.717, 1.165) is 29.9 Å². The molecule has 2 N–H and O–H groups in total. The molecule has 3 rings (SSSR count). The molecule has 1 atom stereocenters. The van der Waals surface area contributed by atoms with Crippen LogP contribution >= 0.6 is 0 Å². The molecule has 4 nitrogen and oxygen atoms in total. The summed E-state index contributed by atoms with van der Waals surface area (Å²) in [5.41, 5.74) is 8.44. The third-order valence-electron chi connectivity index (χ3n) is 4.13. The molecule has 1 fully saturated rings. The van der Waals surface area contributed by atoms with E-state index >= 15 is 0 Å². The quantitative estimate of drug-likeness (QED) is 0.889. The average Bonchev–Trinajstić information content (AvgIpc) is 3.18. The van der Waals surface area contributed by atoms with Gasteiger partial charge >= 0.3 is 0 Å². The average molecular weight is 249 g/mol. The van der Waals surface area contributed by atoms with E-state index in [1.165, 1.54) is 5.56 Å². The highest BCUT2D eigenvalue weighted by Crippen LogP contribution is 2.54. The number of hydrogen-bond acceptors (Lipinski definition) is 4. The lowest BCUT2D eigenvalue weighted by molar-refractivity contribution is -0.0166. The second kappa shape index (κ2) is 4.14. The number of rotatable bonds is 3. The lowest BCUT2D eigenvalue weighted by Crippen LogP contribution is -2.32. The van der Waals surface area contributed by atoms with Crippen LogP contribution in [0.15, 0.2) is 12.1 Å². The van der Waals surface area contributed by atoms with Crippen LogP contribution in [-0.4, -0.2) is 19.9 Å². The van der Waals surface area contributed by atoms with Crippen LogP contribution in [0.2, 0.25) is 0 Å². The Bertz CT molecular complexity index is 466. The van der Waals surface area contributed by atoms with Crippen molar-refractivity contribution < 1.29 is 14.2 Å². The minimum Gasteiger partial charge on any atom is -0.496 e. The summed E-state index contributed by atoms with van der Waals surface area (Å²) in [5, 5.41) is 0. The van der Waals surface area contributed by atoms with Gasteiger partial charge in [0.2, 0.25) is 0 Å². The number of hydrogen-bond donors (Lipinski definition) is 1. The maximum absolute atomic E-state index is 6.14. The Labute approximate surface area is 107 Å². The third kappa shape index (κ3) is 1.68. The zero-order valence-corrected chi connectivity index (χ0v) is 10.9. The molecule has 1 aliphatic carbocycles. The molecule has 0 saturated heterocycles. The first-order chi connectivity index (χ1) is 8.67. The van der Waals surface area contributed by atoms with Crippen molar-refractivity contribution in [3.63, 3.8) is 0 Å². The van der Waals surface area contributed by atoms with E-state index < -0.39 is 0 Å². The lowest BCUT2D eigenvalue weighted by atomic mass is 9.87. The molecule has 1 aromatic carbocycles. The fourth-order valence-corrected chi connectivity index (χ4v) is 2.77. The number of methoxy groups -OCH3 is 1. The molecule has 1 heterocycles. The number of ether oxygens (including phenoxy) is 3. The van der Waals surface area contributed by atoms with Gasteiger partial charge in [0.1, 0.15) is 11.5 Å². The summed E-state index contributed by atoms with van der Waals surface area (Å²) < 4.78 is 16.4. The van der Waals surface area contributed by atoms with Gasteiger partial charge in [-0.2, -0.15) is 0 Å². The van der Waals surface area contributed by atoms with Crippen molar-refractivity contribution >= 4 is 0 Å². The Balaban J connectivity index is 2.08. The van der Waals surface area contributed by atoms with Crippen LogP contribution in [0, 0.1) is 0 Å². The van der Waals surface area contributed by atoms with E-state index in [9.17, 15) is 0 Å². The van der Waals surface area contributed by atoms with Crippen molar-refractivity contribution in [3.05, 3.63) is 23.3 Å². The van der Waals surface area contributed by atoms with Gasteiger partial charge in [0, 0.05) is 22.6 Å². The third-order valence-corrected chi connectivity index (χ3v) is 4.13. The molecule has 4 heteroatoms. The van der Waals surface area contributed by atoms with Crippen LogP contribution in [0.4, 0.5) is 0 Å². The standard InChI is InChI=1S/C14H19NO3/c1-9(15)14(3-4-14)11-6-12-10(5-13(11)16-2)7-17-8-18-12/h5-6,9H,3-4,7-8,15H2,1-2H3. The summed E-state index contributed by atoms with van der Waals surface area (Å²) in [4.78, 5) is 0. The van der Waals surface area contributed by atoms with Gasteiger partial charge in [0.15, 0.2) is 6.79 Å². The smallest absolute Gasteiger partial charge is 0.189 e. The molecule has 1 unspecified atom stereocenters. The van der Waals surface area contributed by atoms with Crippen molar-refractivity contribution in [1.29, 1.82) is 0 Å². The Morgan fingerprint density at radius 2 is 2.17 bits per heavy atom. The second-order valence-electron chi connectivity index (χ2n) is 5.22. The summed E-state index contributed by atoms with van der Waals surface area (Å²) in [6.45, 7) is 2.97. The highest BCUT2D eigenvalue weighted by Gasteiger charge is 2.49. The molecule has 18 heavy (non-hydrogen) atoms. The molecule has 0 aromatic heterocycles. The van der Waals surface area contributed by atoms with Crippen LogP contribution in [0.1, 0.15) is 30.9 Å². The second-order valence-corrected chi connectivity index (χ2v) is 5.22. The first-order valence-electron chi connectivity index (χ1n) is 6.35. The zero-order valence-electron chi connectivity index (χ0n) is 10.9. The minimum absolute atomic E-state index is 0.0715. The van der Waals surface area contributed by atoms with Crippen molar-refractivity contribution in [2.24, 2.45) is 5.73 Å². The first kappa shape index (κ1) is 11.8. The molecule has 0 bridgehead atoms. The molecule has 1 saturated carbocycles. The highest BCUT2D eigenvalue weighted by molar-refractivity contribution is 5.52. The number of nitrogens with two attached hydrogens (primary N) is 1. The Morgan fingerprint density at radius 1 is 1.39 bits per heavy atom. The fourth-order valence-electron chi connectivity index (χ4n) is 2.77. The molecule has 1 aliphatic heterocycles. The van der Waals surface area contributed by atoms with Crippen LogP contribution in [-0.2, 0) is 16.8 Å². The molecule has 2 aliphatic rings. The SMILES string of the molecule is COc1cc2c(cc1C1(C(C)N)CC1)OCOC2. The van der Waals surface area contributed by atoms with Gasteiger partial charge in [-0.25, -0.2) is 0 Å². The van der Waals surface area contributed by atoms with E-state index in [4.69, 9.17) is 19.9 Å². The summed E-state index contributed by atoms with van der Waals surface area (Å²) in [6.07, 6.45) is 2.24. The fraction of sp³-hybridized carbons (Fsp3) is 0.571. The van der Waals surface area contributed by atoms with E-state index in [1.807, 2.05) is 6.07 Å². The van der Waals surface area contributed by atoms with Crippen molar-refractivity contribution in [1.82, 2.24) is 0 Å². The normalized spacial score (nSPS) is 21.7. The highest BCUT2D eigenvalue weighted by atomic mass is 16.7. The number of fused-ring (bicyclic) bond motifs is 1. The molecule has 0 amide bonds. The van der Waals surface area contributed by atoms with Gasteiger partial charge in [-0.15, -0.1) is 0 Å². The van der Waals surface area contributed by atoms with Gasteiger partial charge in [-0.3, -0.25) is 0 Å². The van der Waals surface area contributed by atoms with E-state index in [2.05, 4.69) is 13.0 Å². The van der Waals surface area contributed by atoms with Gasteiger partial charge in [0.05, 0.1) is 13.7 Å². The van der Waals surface area contributed by atoms with Gasteiger partial charge in [-0.1, -0.05) is 0 Å². The molecule has 0 radical (unpaired) electrons. The van der Waals surface area contributed by atoms with Crippen LogP contribution in [0.3, 0.4) is 0 Å². The lowest BCUT2D eigenvalue weighted by Gasteiger charge is -2.26. The van der Waals surface area contributed by atoms with Crippen LogP contribution in [0.5, 0.6) is 11.5 Å². The molecular formula is C14H19NO3. The van der Waals surface area contributed by atoms with Crippen molar-refractivity contribution in [2.45, 2.75) is 37.8 Å². The summed E-state index contributed by atoms with van der Waals surface area (Å²) in [7, 11) is 1.70. The van der Waals surface area contributed by atoms with Gasteiger partial charge < -0.3 is 19.9 Å². The predicted molar refractivity (Wildman–Crippen MR) is 67.8 cm³/mol. The summed E-state index contributed by atoms with van der Waals surface area (Å²) >= 11 is 0. The van der Waals surface area contributed by atoms with Crippen molar-refractivity contribution in [3.8, 4) is 11.5 Å². The Morgan fingerprint density at radius 3 is 2.78 bits per heavy atom. The zero-order chi connectivity index (χ0) is 12.8. The summed E-state index contributed by atoms with van der Waals surface area (Å²) in [5.74, 6) is 1.81. The van der Waals surface area contributed by atoms with Crippen LogP contribution in [0.25, 0.3) is 0 Å². The molecular weight excluding hydrogens is 230 g/mol. The van der Waals surface area contributed by atoms with E-state index in [-0.39, 0.29) is 11.5 Å². The van der Waals surface area contributed by atoms with Gasteiger partial charge in [-0.05, 0) is 31.9 Å².